The summed E-state index contributed by atoms with van der Waals surface area (Å²) in [6, 6.07) is 0.990. The molecule has 1 atom stereocenters. The Hall–Kier alpha value is -1.90. The van der Waals surface area contributed by atoms with E-state index in [1.807, 2.05) is 0 Å². The van der Waals surface area contributed by atoms with E-state index in [9.17, 15) is 26.7 Å². The summed E-state index contributed by atoms with van der Waals surface area (Å²) in [4.78, 5) is 11.4. The molecule has 1 rings (SSSR count). The lowest BCUT2D eigenvalue weighted by Crippen LogP contribution is -2.40. The monoisotopic (exact) mass is 284 g/mol. The predicted octanol–water partition coefficient (Wildman–Crippen LogP) is 1.20. The van der Waals surface area contributed by atoms with Gasteiger partial charge >= 0.3 is 6.18 Å². The molecule has 0 radical (unpaired) electrons. The van der Waals surface area contributed by atoms with Crippen LogP contribution in [0.3, 0.4) is 0 Å². The van der Waals surface area contributed by atoms with Crippen LogP contribution in [-0.2, 0) is 0 Å². The second-order valence-corrected chi connectivity index (χ2v) is 3.62. The first-order valence-electron chi connectivity index (χ1n) is 4.90. The number of aliphatic hydroxyl groups is 1. The molecule has 1 aromatic rings. The Morgan fingerprint density at radius 3 is 2.37 bits per heavy atom. The van der Waals surface area contributed by atoms with Gasteiger partial charge in [0.15, 0.2) is 17.7 Å². The summed E-state index contributed by atoms with van der Waals surface area (Å²) >= 11 is 0. The van der Waals surface area contributed by atoms with Crippen molar-refractivity contribution < 1.29 is 31.9 Å². The molecule has 0 saturated heterocycles. The number of alkyl halides is 3. The maximum atomic E-state index is 12.9. The summed E-state index contributed by atoms with van der Waals surface area (Å²) in [6.45, 7) is -1.12. The summed E-state index contributed by atoms with van der Waals surface area (Å²) < 4.78 is 61.5. The van der Waals surface area contributed by atoms with Crippen molar-refractivity contribution in [1.82, 2.24) is 5.32 Å². The minimum Gasteiger partial charge on any atom is -0.398 e. The first-order valence-corrected chi connectivity index (χ1v) is 4.90. The van der Waals surface area contributed by atoms with E-state index in [2.05, 4.69) is 0 Å². The molecule has 1 amide bonds. The molecule has 4 nitrogen and oxygen atoms in total. The number of benzene rings is 1. The summed E-state index contributed by atoms with van der Waals surface area (Å²) in [6.07, 6.45) is -7.66. The van der Waals surface area contributed by atoms with Crippen molar-refractivity contribution in [3.05, 3.63) is 29.3 Å². The van der Waals surface area contributed by atoms with Crippen LogP contribution in [0.2, 0.25) is 0 Å². The van der Waals surface area contributed by atoms with E-state index in [1.165, 1.54) is 0 Å². The first-order chi connectivity index (χ1) is 8.62. The van der Waals surface area contributed by atoms with E-state index in [0.717, 1.165) is 0 Å². The Morgan fingerprint density at radius 1 is 1.32 bits per heavy atom. The number of nitrogens with one attached hydrogen (secondary N) is 1. The van der Waals surface area contributed by atoms with Gasteiger partial charge in [0.25, 0.3) is 5.91 Å². The normalized spacial score (nSPS) is 13.2. The maximum absolute atomic E-state index is 12.9. The van der Waals surface area contributed by atoms with E-state index >= 15 is 0 Å². The molecule has 0 aromatic heterocycles. The van der Waals surface area contributed by atoms with Gasteiger partial charge in [0.1, 0.15) is 0 Å². The summed E-state index contributed by atoms with van der Waals surface area (Å²) in [5, 5.41) is 10.4. The van der Waals surface area contributed by atoms with Crippen molar-refractivity contribution in [2.24, 2.45) is 0 Å². The number of halogens is 5. The number of hydrogen-bond acceptors (Lipinski definition) is 3. The Kier molecular flexibility index (Phi) is 4.30. The van der Waals surface area contributed by atoms with Gasteiger partial charge in [0, 0.05) is 11.8 Å². The zero-order valence-electron chi connectivity index (χ0n) is 9.26. The van der Waals surface area contributed by atoms with Gasteiger partial charge in [-0.2, -0.15) is 13.2 Å². The second kappa shape index (κ2) is 5.39. The highest BCUT2D eigenvalue weighted by Crippen LogP contribution is 2.20. The molecule has 1 unspecified atom stereocenters. The summed E-state index contributed by atoms with van der Waals surface area (Å²) in [5.41, 5.74) is 4.28. The third-order valence-electron chi connectivity index (χ3n) is 2.17. The van der Waals surface area contributed by atoms with Crippen LogP contribution in [0.5, 0.6) is 0 Å². The molecule has 0 aliphatic heterocycles. The van der Waals surface area contributed by atoms with Gasteiger partial charge in [-0.15, -0.1) is 0 Å². The molecule has 0 heterocycles. The van der Waals surface area contributed by atoms with E-state index in [1.54, 1.807) is 5.32 Å². The average molecular weight is 284 g/mol. The van der Waals surface area contributed by atoms with Crippen molar-refractivity contribution >= 4 is 11.6 Å². The fourth-order valence-electron chi connectivity index (χ4n) is 1.16. The van der Waals surface area contributed by atoms with Crippen LogP contribution in [0.4, 0.5) is 27.6 Å². The number of aliphatic hydroxyl groups excluding tert-OH is 1. The fraction of sp³-hybridized carbons (Fsp3) is 0.300. The van der Waals surface area contributed by atoms with Crippen LogP contribution in [0.25, 0.3) is 0 Å². The number of carbonyl (C=O) groups excluding carboxylic acids is 1. The lowest BCUT2D eigenvalue weighted by molar-refractivity contribution is -0.201. The van der Waals surface area contributed by atoms with E-state index in [-0.39, 0.29) is 0 Å². The number of hydrogen-bond donors (Lipinski definition) is 3. The Bertz CT molecular complexity index is 490. The van der Waals surface area contributed by atoms with E-state index in [4.69, 9.17) is 10.8 Å². The van der Waals surface area contributed by atoms with E-state index < -0.39 is 47.6 Å². The molecule has 106 valence electrons. The number of anilines is 1. The highest BCUT2D eigenvalue weighted by Gasteiger charge is 2.38. The van der Waals surface area contributed by atoms with Crippen molar-refractivity contribution in [3.63, 3.8) is 0 Å². The standard InChI is InChI=1S/C10H9F5N2O2/c11-5-1-4(7(16)2-6(5)12)9(19)17-3-8(18)10(13,14)15/h1-2,8,18H,3,16H2,(H,17,19). The first kappa shape index (κ1) is 15.2. The minimum absolute atomic E-state index is 0.433. The SMILES string of the molecule is Nc1cc(F)c(F)cc1C(=O)NCC(O)C(F)(F)F. The highest BCUT2D eigenvalue weighted by atomic mass is 19.4. The summed E-state index contributed by atoms with van der Waals surface area (Å²) in [7, 11) is 0. The van der Waals surface area contributed by atoms with Crippen LogP contribution in [0.1, 0.15) is 10.4 Å². The zero-order valence-corrected chi connectivity index (χ0v) is 9.26. The van der Waals surface area contributed by atoms with Crippen LogP contribution >= 0.6 is 0 Å². The molecule has 0 spiro atoms. The van der Waals surface area contributed by atoms with Gasteiger partial charge < -0.3 is 16.2 Å². The van der Waals surface area contributed by atoms with Crippen LogP contribution in [0, 0.1) is 11.6 Å². The van der Waals surface area contributed by atoms with Crippen molar-refractivity contribution in [2.75, 3.05) is 12.3 Å². The molecular formula is C10H9F5N2O2. The van der Waals surface area contributed by atoms with Crippen LogP contribution in [-0.4, -0.2) is 29.8 Å². The third-order valence-corrected chi connectivity index (χ3v) is 2.17. The molecule has 1 aromatic carbocycles. The minimum atomic E-state index is -4.90. The highest BCUT2D eigenvalue weighted by molar-refractivity contribution is 5.99. The molecule has 0 aliphatic carbocycles. The predicted molar refractivity (Wildman–Crippen MR) is 55.2 cm³/mol. The molecule has 0 fully saturated rings. The topological polar surface area (TPSA) is 75.4 Å². The van der Waals surface area contributed by atoms with Gasteiger partial charge in [0.05, 0.1) is 12.1 Å². The zero-order chi connectivity index (χ0) is 14.8. The van der Waals surface area contributed by atoms with Gasteiger partial charge in [0.2, 0.25) is 0 Å². The van der Waals surface area contributed by atoms with Crippen molar-refractivity contribution in [3.8, 4) is 0 Å². The Balaban J connectivity index is 2.77. The number of nitrogen functional groups attached to an aromatic ring is 1. The van der Waals surface area contributed by atoms with Crippen LogP contribution in [0.15, 0.2) is 12.1 Å². The molecule has 0 bridgehead atoms. The van der Waals surface area contributed by atoms with Gasteiger partial charge in [-0.25, -0.2) is 8.78 Å². The fourth-order valence-corrected chi connectivity index (χ4v) is 1.16. The van der Waals surface area contributed by atoms with Gasteiger partial charge in [-0.05, 0) is 6.07 Å². The maximum Gasteiger partial charge on any atom is 0.416 e. The lowest BCUT2D eigenvalue weighted by atomic mass is 10.1. The number of amides is 1. The van der Waals surface area contributed by atoms with Crippen molar-refractivity contribution in [1.29, 1.82) is 0 Å². The average Bonchev–Trinajstić information content (AvgIpc) is 2.29. The van der Waals surface area contributed by atoms with E-state index in [0.29, 0.717) is 12.1 Å². The second-order valence-electron chi connectivity index (χ2n) is 3.62. The molecular weight excluding hydrogens is 275 g/mol. The molecule has 0 aliphatic rings. The van der Waals surface area contributed by atoms with Gasteiger partial charge in [-0.1, -0.05) is 0 Å². The van der Waals surface area contributed by atoms with Crippen LogP contribution < -0.4 is 11.1 Å². The van der Waals surface area contributed by atoms with Gasteiger partial charge in [-0.3, -0.25) is 4.79 Å². The molecule has 0 saturated carbocycles. The summed E-state index contributed by atoms with van der Waals surface area (Å²) in [5.74, 6) is -3.81. The third kappa shape index (κ3) is 3.78. The number of nitrogens with two attached hydrogens (primary N) is 1. The largest absolute Gasteiger partial charge is 0.416 e. The smallest absolute Gasteiger partial charge is 0.398 e. The lowest BCUT2D eigenvalue weighted by Gasteiger charge is -2.15. The molecule has 19 heavy (non-hydrogen) atoms. The molecule has 9 heteroatoms. The Labute approximate surface area is 104 Å². The number of carbonyl (C=O) groups is 1. The van der Waals surface area contributed by atoms with Crippen molar-refractivity contribution in [2.45, 2.75) is 12.3 Å². The number of rotatable bonds is 3. The Morgan fingerprint density at radius 2 is 1.84 bits per heavy atom. The quantitative estimate of drug-likeness (QED) is 0.576. The molecule has 4 N–H and O–H groups in total.